The molecule has 2 aromatic rings. The average Bonchev–Trinajstić information content (AvgIpc) is 2.67. The lowest BCUT2D eigenvalue weighted by Gasteiger charge is -2.57. The molecule has 0 aliphatic heterocycles. The lowest BCUT2D eigenvalue weighted by molar-refractivity contribution is -0.0206. The third-order valence-corrected chi connectivity index (χ3v) is 7.76. The Balaban J connectivity index is 1.16. The van der Waals surface area contributed by atoms with Crippen LogP contribution in [0.4, 0.5) is 0 Å². The fraction of sp³-hybridized carbons (Fsp3) is 0.500. The van der Waals surface area contributed by atoms with Gasteiger partial charge in [-0.1, -0.05) is 41.4 Å². The lowest BCUT2D eigenvalue weighted by Crippen LogP contribution is -2.58. The van der Waals surface area contributed by atoms with E-state index in [9.17, 15) is 0 Å². The normalized spacial score (nSPS) is 30.6. The van der Waals surface area contributed by atoms with Gasteiger partial charge in [-0.15, -0.1) is 0 Å². The molecule has 0 heterocycles. The van der Waals surface area contributed by atoms with E-state index in [1.165, 1.54) is 44.1 Å². The molecule has 4 aliphatic carbocycles. The Labute approximate surface area is 177 Å². The minimum Gasteiger partial charge on any atom is -0.489 e. The van der Waals surface area contributed by atoms with Crippen molar-refractivity contribution in [2.45, 2.75) is 57.2 Å². The Morgan fingerprint density at radius 3 is 2.04 bits per heavy atom. The first kappa shape index (κ1) is 18.8. The van der Waals surface area contributed by atoms with E-state index < -0.39 is 0 Å². The van der Waals surface area contributed by atoms with Crippen molar-refractivity contribution in [1.82, 2.24) is 5.32 Å². The zero-order valence-corrected chi connectivity index (χ0v) is 17.6. The molecule has 4 heteroatoms. The fourth-order valence-electron chi connectivity index (χ4n) is 6.12. The molecule has 28 heavy (non-hydrogen) atoms. The second-order valence-corrected chi connectivity index (χ2v) is 10.0. The van der Waals surface area contributed by atoms with Crippen LogP contribution in [0.5, 0.6) is 5.75 Å². The van der Waals surface area contributed by atoms with Gasteiger partial charge in [0.2, 0.25) is 0 Å². The summed E-state index contributed by atoms with van der Waals surface area (Å²) >= 11 is 12.0. The highest BCUT2D eigenvalue weighted by Gasteiger charge is 2.50. The first-order valence-electron chi connectivity index (χ1n) is 10.5. The molecule has 4 fully saturated rings. The molecule has 0 spiro atoms. The summed E-state index contributed by atoms with van der Waals surface area (Å²) in [6.45, 7) is 1.45. The number of rotatable bonds is 6. The average molecular weight is 416 g/mol. The summed E-state index contributed by atoms with van der Waals surface area (Å²) in [4.78, 5) is 0. The summed E-state index contributed by atoms with van der Waals surface area (Å²) in [7, 11) is 0. The van der Waals surface area contributed by atoms with Crippen LogP contribution in [-0.2, 0) is 13.2 Å². The summed E-state index contributed by atoms with van der Waals surface area (Å²) in [5, 5.41) is 5.10. The van der Waals surface area contributed by atoms with E-state index in [-0.39, 0.29) is 0 Å². The SMILES string of the molecule is Clc1ccc(COc2ccc(CNC34CC5CC(CC(C5)C3)C4)cc2)cc1Cl. The fourth-order valence-corrected chi connectivity index (χ4v) is 6.44. The van der Waals surface area contributed by atoms with Gasteiger partial charge in [-0.2, -0.15) is 0 Å². The number of benzene rings is 2. The molecule has 4 aliphatic rings. The van der Waals surface area contributed by atoms with E-state index in [4.69, 9.17) is 27.9 Å². The number of nitrogens with one attached hydrogen (secondary N) is 1. The van der Waals surface area contributed by atoms with E-state index in [1.807, 2.05) is 18.2 Å². The molecule has 2 nitrogen and oxygen atoms in total. The van der Waals surface area contributed by atoms with Gasteiger partial charge in [-0.05, 0) is 91.7 Å². The van der Waals surface area contributed by atoms with Crippen molar-refractivity contribution >= 4 is 23.2 Å². The predicted octanol–water partition coefficient (Wildman–Crippen LogP) is 6.63. The van der Waals surface area contributed by atoms with E-state index >= 15 is 0 Å². The monoisotopic (exact) mass is 415 g/mol. The second kappa shape index (κ2) is 7.55. The van der Waals surface area contributed by atoms with Gasteiger partial charge in [0.15, 0.2) is 0 Å². The smallest absolute Gasteiger partial charge is 0.119 e. The molecule has 0 amide bonds. The van der Waals surface area contributed by atoms with Crippen LogP contribution in [-0.4, -0.2) is 5.54 Å². The topological polar surface area (TPSA) is 21.3 Å². The van der Waals surface area contributed by atoms with Gasteiger partial charge in [0, 0.05) is 12.1 Å². The summed E-state index contributed by atoms with van der Waals surface area (Å²) in [5.74, 6) is 3.83. The van der Waals surface area contributed by atoms with E-state index in [0.29, 0.717) is 22.2 Å². The maximum atomic E-state index is 6.07. The number of hydrogen-bond donors (Lipinski definition) is 1. The molecule has 148 valence electrons. The first-order valence-corrected chi connectivity index (χ1v) is 11.2. The molecule has 4 bridgehead atoms. The third kappa shape index (κ3) is 3.92. The zero-order valence-electron chi connectivity index (χ0n) is 16.1. The minimum atomic E-state index is 0.414. The van der Waals surface area contributed by atoms with Crippen LogP contribution in [0.15, 0.2) is 42.5 Å². The Bertz CT molecular complexity index is 813. The van der Waals surface area contributed by atoms with Crippen LogP contribution in [0, 0.1) is 17.8 Å². The van der Waals surface area contributed by atoms with Crippen molar-refractivity contribution in [3.8, 4) is 5.75 Å². The molecular formula is C24H27Cl2NO. The van der Waals surface area contributed by atoms with Crippen LogP contribution in [0.2, 0.25) is 10.0 Å². The summed E-state index contributed by atoms with van der Waals surface area (Å²) in [6, 6.07) is 14.1. The van der Waals surface area contributed by atoms with Gasteiger partial charge < -0.3 is 10.1 Å². The highest BCUT2D eigenvalue weighted by molar-refractivity contribution is 6.42. The number of hydrogen-bond acceptors (Lipinski definition) is 2. The van der Waals surface area contributed by atoms with Crippen molar-refractivity contribution in [3.63, 3.8) is 0 Å². The van der Waals surface area contributed by atoms with Gasteiger partial charge in [0.05, 0.1) is 10.0 Å². The Kier molecular flexibility index (Phi) is 5.07. The predicted molar refractivity (Wildman–Crippen MR) is 115 cm³/mol. The molecule has 0 unspecified atom stereocenters. The summed E-state index contributed by atoms with van der Waals surface area (Å²) in [5.41, 5.74) is 2.76. The van der Waals surface area contributed by atoms with Crippen molar-refractivity contribution in [1.29, 1.82) is 0 Å². The van der Waals surface area contributed by atoms with Gasteiger partial charge in [-0.3, -0.25) is 0 Å². The third-order valence-electron chi connectivity index (χ3n) is 7.02. The first-order chi connectivity index (χ1) is 13.6. The van der Waals surface area contributed by atoms with Crippen LogP contribution < -0.4 is 10.1 Å². The molecule has 0 radical (unpaired) electrons. The minimum absolute atomic E-state index is 0.414. The van der Waals surface area contributed by atoms with Crippen LogP contribution in [0.3, 0.4) is 0 Å². The molecular weight excluding hydrogens is 389 g/mol. The van der Waals surface area contributed by atoms with Crippen molar-refractivity contribution in [2.24, 2.45) is 17.8 Å². The van der Waals surface area contributed by atoms with Gasteiger partial charge in [0.25, 0.3) is 0 Å². The molecule has 0 aromatic heterocycles. The standard InChI is InChI=1S/C24H27Cl2NO/c25-22-6-3-17(10-23(22)26)15-28-21-4-1-16(2-5-21)14-27-24-11-18-7-19(12-24)9-20(8-18)13-24/h1-6,10,18-20,27H,7-9,11-15H2. The van der Waals surface area contributed by atoms with Gasteiger partial charge >= 0.3 is 0 Å². The van der Waals surface area contributed by atoms with Crippen LogP contribution in [0.1, 0.15) is 49.7 Å². The maximum absolute atomic E-state index is 6.07. The van der Waals surface area contributed by atoms with E-state index in [0.717, 1.165) is 35.6 Å². The number of halogens is 2. The van der Waals surface area contributed by atoms with Crippen LogP contribution in [0.25, 0.3) is 0 Å². The summed E-state index contributed by atoms with van der Waals surface area (Å²) in [6.07, 6.45) is 8.65. The Morgan fingerprint density at radius 2 is 1.43 bits per heavy atom. The highest BCUT2D eigenvalue weighted by Crippen LogP contribution is 2.55. The van der Waals surface area contributed by atoms with E-state index in [2.05, 4.69) is 29.6 Å². The molecule has 1 N–H and O–H groups in total. The van der Waals surface area contributed by atoms with Crippen molar-refractivity contribution in [3.05, 3.63) is 63.6 Å². The molecule has 2 aromatic carbocycles. The highest BCUT2D eigenvalue weighted by atomic mass is 35.5. The van der Waals surface area contributed by atoms with Crippen LogP contribution >= 0.6 is 23.2 Å². The number of ether oxygens (including phenoxy) is 1. The molecule has 0 saturated heterocycles. The van der Waals surface area contributed by atoms with Gasteiger partial charge in [-0.25, -0.2) is 0 Å². The second-order valence-electron chi connectivity index (χ2n) is 9.23. The summed E-state index contributed by atoms with van der Waals surface area (Å²) < 4.78 is 5.90. The molecule has 0 atom stereocenters. The van der Waals surface area contributed by atoms with Crippen molar-refractivity contribution < 1.29 is 4.74 Å². The zero-order chi connectivity index (χ0) is 19.1. The van der Waals surface area contributed by atoms with Crippen molar-refractivity contribution in [2.75, 3.05) is 0 Å². The van der Waals surface area contributed by atoms with Gasteiger partial charge in [0.1, 0.15) is 12.4 Å². The van der Waals surface area contributed by atoms with E-state index in [1.54, 1.807) is 0 Å². The maximum Gasteiger partial charge on any atom is 0.119 e. The quantitative estimate of drug-likeness (QED) is 0.571. The largest absolute Gasteiger partial charge is 0.489 e. The molecule has 6 rings (SSSR count). The molecule has 4 saturated carbocycles. The Hall–Kier alpha value is -1.22. The Morgan fingerprint density at radius 1 is 0.821 bits per heavy atom. The lowest BCUT2D eigenvalue weighted by atomic mass is 9.53.